The number of aryl methyl sites for hydroxylation is 1. The Morgan fingerprint density at radius 3 is 2.46 bits per heavy atom. The predicted molar refractivity (Wildman–Crippen MR) is 102 cm³/mol. The molecule has 3 aromatic rings. The van der Waals surface area contributed by atoms with Crippen LogP contribution in [-0.2, 0) is 17.9 Å². The molecular formula is C20H20ClN3O2. The molecule has 0 spiro atoms. The van der Waals surface area contributed by atoms with Gasteiger partial charge in [-0.15, -0.1) is 0 Å². The third kappa shape index (κ3) is 3.79. The summed E-state index contributed by atoms with van der Waals surface area (Å²) in [7, 11) is 1.65. The Labute approximate surface area is 157 Å². The molecule has 1 amide bonds. The molecule has 2 aromatic carbocycles. The molecule has 0 aliphatic carbocycles. The van der Waals surface area contributed by atoms with Crippen LogP contribution in [0.1, 0.15) is 27.2 Å². The molecule has 1 aromatic heterocycles. The normalized spacial score (nSPS) is 10.7. The summed E-state index contributed by atoms with van der Waals surface area (Å²) in [5, 5.41) is 7.64. The van der Waals surface area contributed by atoms with Crippen LogP contribution in [0.15, 0.2) is 54.6 Å². The lowest BCUT2D eigenvalue weighted by atomic mass is 10.1. The second-order valence-corrected chi connectivity index (χ2v) is 6.24. The van der Waals surface area contributed by atoms with Gasteiger partial charge in [0.25, 0.3) is 5.91 Å². The molecule has 0 aliphatic rings. The Hall–Kier alpha value is -2.63. The van der Waals surface area contributed by atoms with E-state index in [1.807, 2.05) is 54.6 Å². The Bertz CT molecular complexity index is 907. The lowest BCUT2D eigenvalue weighted by Crippen LogP contribution is -2.24. The largest absolute Gasteiger partial charge is 0.380 e. The van der Waals surface area contributed by atoms with Crippen LogP contribution in [0.2, 0.25) is 5.15 Å². The molecule has 0 bridgehead atoms. The maximum Gasteiger partial charge on any atom is 0.256 e. The molecule has 0 unspecified atom stereocenters. The van der Waals surface area contributed by atoms with Crippen molar-refractivity contribution >= 4 is 17.5 Å². The number of hydrogen-bond acceptors (Lipinski definition) is 3. The molecule has 0 fully saturated rings. The number of rotatable bonds is 6. The number of carbonyl (C=O) groups is 1. The van der Waals surface area contributed by atoms with Gasteiger partial charge in [-0.05, 0) is 30.2 Å². The molecule has 3 rings (SSSR count). The van der Waals surface area contributed by atoms with E-state index in [4.69, 9.17) is 16.3 Å². The highest BCUT2D eigenvalue weighted by atomic mass is 35.5. The van der Waals surface area contributed by atoms with Crippen LogP contribution in [-0.4, -0.2) is 22.8 Å². The summed E-state index contributed by atoms with van der Waals surface area (Å²) in [5.74, 6) is -0.248. The second-order valence-electron chi connectivity index (χ2n) is 5.88. The molecule has 26 heavy (non-hydrogen) atoms. The van der Waals surface area contributed by atoms with Crippen molar-refractivity contribution in [1.82, 2.24) is 15.1 Å². The van der Waals surface area contributed by atoms with Crippen molar-refractivity contribution in [2.45, 2.75) is 20.1 Å². The minimum atomic E-state index is -0.248. The van der Waals surface area contributed by atoms with Crippen molar-refractivity contribution in [2.24, 2.45) is 0 Å². The standard InChI is InChI=1S/C20H20ClN3O2/c1-14-18(19(21)24(23-14)17-10-4-3-5-11-17)20(25)22-12-15-8-6-7-9-16(15)13-26-2/h3-11H,12-13H2,1-2H3,(H,22,25). The first-order chi connectivity index (χ1) is 12.6. The monoisotopic (exact) mass is 369 g/mol. The fourth-order valence-electron chi connectivity index (χ4n) is 2.79. The van der Waals surface area contributed by atoms with E-state index in [1.54, 1.807) is 18.7 Å². The lowest BCUT2D eigenvalue weighted by molar-refractivity contribution is 0.0950. The van der Waals surface area contributed by atoms with E-state index < -0.39 is 0 Å². The van der Waals surface area contributed by atoms with Gasteiger partial charge in [0.15, 0.2) is 0 Å². The van der Waals surface area contributed by atoms with Gasteiger partial charge in [0.2, 0.25) is 0 Å². The quantitative estimate of drug-likeness (QED) is 0.716. The van der Waals surface area contributed by atoms with Gasteiger partial charge in [-0.1, -0.05) is 54.1 Å². The van der Waals surface area contributed by atoms with Crippen molar-refractivity contribution in [2.75, 3.05) is 7.11 Å². The number of aromatic nitrogens is 2. The van der Waals surface area contributed by atoms with Crippen LogP contribution in [0.5, 0.6) is 0 Å². The van der Waals surface area contributed by atoms with Crippen LogP contribution in [0, 0.1) is 6.92 Å². The fourth-order valence-corrected chi connectivity index (χ4v) is 3.15. The summed E-state index contributed by atoms with van der Waals surface area (Å²) < 4.78 is 6.78. The third-order valence-electron chi connectivity index (χ3n) is 4.09. The van der Waals surface area contributed by atoms with Gasteiger partial charge in [-0.25, -0.2) is 4.68 Å². The molecule has 1 N–H and O–H groups in total. The molecule has 1 heterocycles. The highest BCUT2D eigenvalue weighted by molar-refractivity contribution is 6.33. The molecule has 0 atom stereocenters. The SMILES string of the molecule is COCc1ccccc1CNC(=O)c1c(C)nn(-c2ccccc2)c1Cl. The van der Waals surface area contributed by atoms with E-state index in [9.17, 15) is 4.79 Å². The van der Waals surface area contributed by atoms with Gasteiger partial charge in [-0.2, -0.15) is 5.10 Å². The van der Waals surface area contributed by atoms with Gasteiger partial charge >= 0.3 is 0 Å². The molecular weight excluding hydrogens is 350 g/mol. The zero-order chi connectivity index (χ0) is 18.5. The number of para-hydroxylation sites is 1. The van der Waals surface area contributed by atoms with Gasteiger partial charge in [0, 0.05) is 13.7 Å². The Balaban J connectivity index is 1.80. The van der Waals surface area contributed by atoms with Crippen molar-refractivity contribution in [3.05, 3.63) is 82.1 Å². The van der Waals surface area contributed by atoms with Crippen LogP contribution < -0.4 is 5.32 Å². The first-order valence-electron chi connectivity index (χ1n) is 8.26. The molecule has 0 saturated heterocycles. The molecule has 134 valence electrons. The number of ether oxygens (including phenoxy) is 1. The van der Waals surface area contributed by atoms with Gasteiger partial charge in [0.1, 0.15) is 5.15 Å². The molecule has 6 heteroatoms. The van der Waals surface area contributed by atoms with Crippen LogP contribution in [0.3, 0.4) is 0 Å². The Kier molecular flexibility index (Phi) is 5.71. The molecule has 0 saturated carbocycles. The topological polar surface area (TPSA) is 56.1 Å². The number of nitrogens with one attached hydrogen (secondary N) is 1. The van der Waals surface area contributed by atoms with E-state index in [0.29, 0.717) is 29.6 Å². The van der Waals surface area contributed by atoms with Crippen molar-refractivity contribution in [3.63, 3.8) is 0 Å². The molecule has 0 radical (unpaired) electrons. The van der Waals surface area contributed by atoms with Gasteiger partial charge < -0.3 is 10.1 Å². The number of methoxy groups -OCH3 is 1. The van der Waals surface area contributed by atoms with Crippen LogP contribution in [0.25, 0.3) is 5.69 Å². The number of benzene rings is 2. The summed E-state index contributed by atoms with van der Waals surface area (Å²) in [6.07, 6.45) is 0. The summed E-state index contributed by atoms with van der Waals surface area (Å²) >= 11 is 6.44. The average molecular weight is 370 g/mol. The average Bonchev–Trinajstić information content (AvgIpc) is 2.96. The van der Waals surface area contributed by atoms with Crippen molar-refractivity contribution < 1.29 is 9.53 Å². The lowest BCUT2D eigenvalue weighted by Gasteiger charge is -2.10. The minimum Gasteiger partial charge on any atom is -0.380 e. The second kappa shape index (κ2) is 8.17. The van der Waals surface area contributed by atoms with E-state index >= 15 is 0 Å². The maximum absolute atomic E-state index is 12.7. The number of amides is 1. The van der Waals surface area contributed by atoms with E-state index in [1.165, 1.54) is 0 Å². The Morgan fingerprint density at radius 1 is 1.12 bits per heavy atom. The van der Waals surface area contributed by atoms with E-state index in [0.717, 1.165) is 16.8 Å². The first-order valence-corrected chi connectivity index (χ1v) is 8.64. The summed E-state index contributed by atoms with van der Waals surface area (Å²) in [6.45, 7) is 2.67. The number of hydrogen-bond donors (Lipinski definition) is 1. The van der Waals surface area contributed by atoms with Crippen molar-refractivity contribution in [1.29, 1.82) is 0 Å². The highest BCUT2D eigenvalue weighted by Crippen LogP contribution is 2.23. The van der Waals surface area contributed by atoms with Crippen LogP contribution in [0.4, 0.5) is 0 Å². The number of carbonyl (C=O) groups excluding carboxylic acids is 1. The smallest absolute Gasteiger partial charge is 0.256 e. The summed E-state index contributed by atoms with van der Waals surface area (Å²) in [6, 6.07) is 17.3. The summed E-state index contributed by atoms with van der Waals surface area (Å²) in [5.41, 5.74) is 3.83. The van der Waals surface area contributed by atoms with Gasteiger partial charge in [0.05, 0.1) is 23.6 Å². The minimum absolute atomic E-state index is 0.248. The van der Waals surface area contributed by atoms with E-state index in [2.05, 4.69) is 10.4 Å². The molecule has 0 aliphatic heterocycles. The molecule has 5 nitrogen and oxygen atoms in total. The van der Waals surface area contributed by atoms with E-state index in [-0.39, 0.29) is 5.91 Å². The zero-order valence-electron chi connectivity index (χ0n) is 14.7. The van der Waals surface area contributed by atoms with Gasteiger partial charge in [-0.3, -0.25) is 4.79 Å². The highest BCUT2D eigenvalue weighted by Gasteiger charge is 2.21. The zero-order valence-corrected chi connectivity index (χ0v) is 15.5. The first kappa shape index (κ1) is 18.2. The summed E-state index contributed by atoms with van der Waals surface area (Å²) in [4.78, 5) is 12.7. The maximum atomic E-state index is 12.7. The Morgan fingerprint density at radius 2 is 1.77 bits per heavy atom. The predicted octanol–water partition coefficient (Wildman–Crippen LogP) is 3.91. The number of nitrogens with zero attached hydrogens (tertiary/aromatic N) is 2. The fraction of sp³-hybridized carbons (Fsp3) is 0.200. The van der Waals surface area contributed by atoms with Crippen molar-refractivity contribution in [3.8, 4) is 5.69 Å². The number of halogens is 1. The third-order valence-corrected chi connectivity index (χ3v) is 4.44. The van der Waals surface area contributed by atoms with Crippen LogP contribution >= 0.6 is 11.6 Å².